The maximum absolute atomic E-state index is 11.9. The summed E-state index contributed by atoms with van der Waals surface area (Å²) in [4.78, 5) is 33.4. The zero-order chi connectivity index (χ0) is 14.5. The van der Waals surface area contributed by atoms with Crippen molar-refractivity contribution in [2.24, 2.45) is 5.92 Å². The lowest BCUT2D eigenvalue weighted by molar-refractivity contribution is -0.139. The number of ether oxygens (including phenoxy) is 1. The zero-order valence-electron chi connectivity index (χ0n) is 10.6. The number of hydrogen-bond donors (Lipinski definition) is 3. The van der Waals surface area contributed by atoms with Gasteiger partial charge in [-0.15, -0.1) is 0 Å². The maximum Gasteiger partial charge on any atom is 0.341 e. The third-order valence-corrected chi connectivity index (χ3v) is 2.81. The van der Waals surface area contributed by atoms with Crippen LogP contribution in [-0.4, -0.2) is 36.0 Å². The predicted octanol–water partition coefficient (Wildman–Crippen LogP) is 0.225. The fraction of sp³-hybridized carbons (Fsp3) is 0.308. The van der Waals surface area contributed by atoms with Gasteiger partial charge in [0.1, 0.15) is 5.75 Å². The van der Waals surface area contributed by atoms with Gasteiger partial charge in [0.25, 0.3) is 0 Å². The highest BCUT2D eigenvalue weighted by atomic mass is 16.5. The maximum atomic E-state index is 11.9. The van der Waals surface area contributed by atoms with Crippen molar-refractivity contribution < 1.29 is 24.2 Å². The van der Waals surface area contributed by atoms with Gasteiger partial charge in [-0.3, -0.25) is 9.59 Å². The van der Waals surface area contributed by atoms with Gasteiger partial charge in [0, 0.05) is 24.7 Å². The van der Waals surface area contributed by atoms with Gasteiger partial charge in [0.05, 0.1) is 5.92 Å². The molecule has 1 unspecified atom stereocenters. The Bertz CT molecular complexity index is 543. The third kappa shape index (κ3) is 3.71. The fourth-order valence-corrected chi connectivity index (χ4v) is 1.84. The topological polar surface area (TPSA) is 105 Å². The van der Waals surface area contributed by atoms with E-state index in [1.54, 1.807) is 18.2 Å². The van der Waals surface area contributed by atoms with Crippen LogP contribution in [0, 0.1) is 5.92 Å². The molecule has 2 amide bonds. The molecule has 20 heavy (non-hydrogen) atoms. The van der Waals surface area contributed by atoms with E-state index in [2.05, 4.69) is 10.6 Å². The Hall–Kier alpha value is -2.57. The Morgan fingerprint density at radius 1 is 1.45 bits per heavy atom. The molecule has 0 radical (unpaired) electrons. The number of amides is 2. The van der Waals surface area contributed by atoms with Crippen molar-refractivity contribution in [3.63, 3.8) is 0 Å². The number of nitrogens with one attached hydrogen (secondary N) is 2. The average Bonchev–Trinajstić information content (AvgIpc) is 2.84. The fourth-order valence-electron chi connectivity index (χ4n) is 1.84. The van der Waals surface area contributed by atoms with Gasteiger partial charge >= 0.3 is 5.97 Å². The monoisotopic (exact) mass is 278 g/mol. The first-order chi connectivity index (χ1) is 9.54. The van der Waals surface area contributed by atoms with E-state index in [1.807, 2.05) is 0 Å². The summed E-state index contributed by atoms with van der Waals surface area (Å²) in [6, 6.07) is 6.44. The molecule has 1 fully saturated rings. The number of carboxylic acids is 1. The number of carbonyl (C=O) groups excluding carboxylic acids is 2. The van der Waals surface area contributed by atoms with E-state index in [0.717, 1.165) is 0 Å². The molecule has 0 saturated carbocycles. The van der Waals surface area contributed by atoms with Crippen LogP contribution in [0.5, 0.6) is 5.75 Å². The van der Waals surface area contributed by atoms with E-state index in [0.29, 0.717) is 18.0 Å². The van der Waals surface area contributed by atoms with Crippen molar-refractivity contribution in [1.82, 2.24) is 5.32 Å². The molecule has 0 bridgehead atoms. The number of carboxylic acid groups (broad SMARTS) is 1. The second kappa shape index (κ2) is 6.05. The molecule has 1 aliphatic rings. The van der Waals surface area contributed by atoms with Crippen LogP contribution in [0.15, 0.2) is 24.3 Å². The Balaban J connectivity index is 1.95. The molecule has 1 aliphatic heterocycles. The number of benzene rings is 1. The van der Waals surface area contributed by atoms with Crippen LogP contribution in [0.4, 0.5) is 5.69 Å². The summed E-state index contributed by atoms with van der Waals surface area (Å²) in [7, 11) is 0. The lowest BCUT2D eigenvalue weighted by atomic mass is 10.1. The summed E-state index contributed by atoms with van der Waals surface area (Å²) >= 11 is 0. The van der Waals surface area contributed by atoms with Crippen molar-refractivity contribution in [3.8, 4) is 5.75 Å². The lowest BCUT2D eigenvalue weighted by Crippen LogP contribution is -2.24. The van der Waals surface area contributed by atoms with Gasteiger partial charge in [-0.2, -0.15) is 0 Å². The first-order valence-electron chi connectivity index (χ1n) is 6.07. The Kier molecular flexibility index (Phi) is 4.19. The van der Waals surface area contributed by atoms with Crippen LogP contribution in [0.1, 0.15) is 6.42 Å². The minimum atomic E-state index is -1.07. The molecule has 0 aromatic heterocycles. The molecule has 1 atom stereocenters. The molecular formula is C13H14N2O5. The van der Waals surface area contributed by atoms with Crippen LogP contribution in [0.3, 0.4) is 0 Å². The van der Waals surface area contributed by atoms with Crippen molar-refractivity contribution in [1.29, 1.82) is 0 Å². The quantitative estimate of drug-likeness (QED) is 0.715. The molecule has 1 aromatic carbocycles. The highest BCUT2D eigenvalue weighted by Crippen LogP contribution is 2.19. The molecule has 3 N–H and O–H groups in total. The number of carbonyl (C=O) groups is 3. The van der Waals surface area contributed by atoms with Crippen molar-refractivity contribution in [2.75, 3.05) is 18.5 Å². The summed E-state index contributed by atoms with van der Waals surface area (Å²) in [5.74, 6) is -1.49. The van der Waals surface area contributed by atoms with Crippen LogP contribution in [-0.2, 0) is 14.4 Å². The number of anilines is 1. The number of aliphatic carboxylic acids is 1. The van der Waals surface area contributed by atoms with Gasteiger partial charge < -0.3 is 20.5 Å². The smallest absolute Gasteiger partial charge is 0.341 e. The first-order valence-corrected chi connectivity index (χ1v) is 6.07. The van der Waals surface area contributed by atoms with E-state index in [4.69, 9.17) is 9.84 Å². The molecule has 1 saturated heterocycles. The lowest BCUT2D eigenvalue weighted by Gasteiger charge is -2.10. The standard InChI is InChI=1S/C13H14N2O5/c16-11-4-8(6-14-11)13(19)15-9-2-1-3-10(5-9)20-7-12(17)18/h1-3,5,8H,4,6-7H2,(H,14,16)(H,15,19)(H,17,18). The molecule has 0 spiro atoms. The summed E-state index contributed by atoms with van der Waals surface area (Å²) in [5.41, 5.74) is 0.497. The van der Waals surface area contributed by atoms with Crippen LogP contribution >= 0.6 is 0 Å². The second-order valence-electron chi connectivity index (χ2n) is 4.40. The molecule has 1 aromatic rings. The highest BCUT2D eigenvalue weighted by Gasteiger charge is 2.27. The van der Waals surface area contributed by atoms with Gasteiger partial charge in [-0.25, -0.2) is 4.79 Å². The van der Waals surface area contributed by atoms with E-state index >= 15 is 0 Å². The Morgan fingerprint density at radius 2 is 2.25 bits per heavy atom. The minimum absolute atomic E-state index is 0.135. The SMILES string of the molecule is O=C(O)COc1cccc(NC(=O)C2CNC(=O)C2)c1. The molecule has 7 heteroatoms. The molecule has 106 valence electrons. The summed E-state index contributed by atoms with van der Waals surface area (Å²) in [6.07, 6.45) is 0.182. The van der Waals surface area contributed by atoms with Crippen LogP contribution < -0.4 is 15.4 Å². The Labute approximate surface area is 114 Å². The minimum Gasteiger partial charge on any atom is -0.482 e. The van der Waals surface area contributed by atoms with Crippen LogP contribution in [0.25, 0.3) is 0 Å². The van der Waals surface area contributed by atoms with Crippen LogP contribution in [0.2, 0.25) is 0 Å². The summed E-state index contributed by atoms with van der Waals surface area (Å²) in [6.45, 7) is -0.113. The molecule has 2 rings (SSSR count). The van der Waals surface area contributed by atoms with E-state index in [9.17, 15) is 14.4 Å². The normalized spacial score (nSPS) is 17.4. The zero-order valence-corrected chi connectivity index (χ0v) is 10.6. The van der Waals surface area contributed by atoms with Crippen molar-refractivity contribution in [2.45, 2.75) is 6.42 Å². The third-order valence-electron chi connectivity index (χ3n) is 2.81. The molecule has 0 aliphatic carbocycles. The largest absolute Gasteiger partial charge is 0.482 e. The average molecular weight is 278 g/mol. The Morgan fingerprint density at radius 3 is 2.90 bits per heavy atom. The van der Waals surface area contributed by atoms with E-state index in [-0.39, 0.29) is 24.2 Å². The molecule has 1 heterocycles. The predicted molar refractivity (Wildman–Crippen MR) is 69.3 cm³/mol. The van der Waals surface area contributed by atoms with E-state index in [1.165, 1.54) is 6.07 Å². The first kappa shape index (κ1) is 13.9. The van der Waals surface area contributed by atoms with Gasteiger partial charge in [0.2, 0.25) is 11.8 Å². The van der Waals surface area contributed by atoms with Gasteiger partial charge in [-0.05, 0) is 12.1 Å². The van der Waals surface area contributed by atoms with Gasteiger partial charge in [-0.1, -0.05) is 6.07 Å². The summed E-state index contributed by atoms with van der Waals surface area (Å²) in [5, 5.41) is 13.8. The highest BCUT2D eigenvalue weighted by molar-refractivity contribution is 5.97. The summed E-state index contributed by atoms with van der Waals surface area (Å²) < 4.78 is 5.01. The number of hydrogen-bond acceptors (Lipinski definition) is 4. The molecule has 7 nitrogen and oxygen atoms in total. The number of rotatable bonds is 5. The van der Waals surface area contributed by atoms with Crippen molar-refractivity contribution in [3.05, 3.63) is 24.3 Å². The van der Waals surface area contributed by atoms with Gasteiger partial charge in [0.15, 0.2) is 6.61 Å². The van der Waals surface area contributed by atoms with E-state index < -0.39 is 12.6 Å². The molecular weight excluding hydrogens is 264 g/mol. The second-order valence-corrected chi connectivity index (χ2v) is 4.40. The van der Waals surface area contributed by atoms with Crippen molar-refractivity contribution >= 4 is 23.5 Å².